The fourth-order valence-electron chi connectivity index (χ4n) is 4.45. The van der Waals surface area contributed by atoms with E-state index in [2.05, 4.69) is 21.8 Å². The number of hydrogen-bond donors (Lipinski definition) is 1. The highest BCUT2D eigenvalue weighted by molar-refractivity contribution is 7.99. The summed E-state index contributed by atoms with van der Waals surface area (Å²) in [5.74, 6) is 1.23. The van der Waals surface area contributed by atoms with Gasteiger partial charge in [-0.1, -0.05) is 35.0 Å². The van der Waals surface area contributed by atoms with Crippen LogP contribution in [0.3, 0.4) is 0 Å². The van der Waals surface area contributed by atoms with Gasteiger partial charge < -0.3 is 15.4 Å². The predicted octanol–water partition coefficient (Wildman–Crippen LogP) is 4.56. The molecular weight excluding hydrogens is 443 g/mol. The Hall–Kier alpha value is -1.74. The summed E-state index contributed by atoms with van der Waals surface area (Å²) in [5, 5.41) is 0.564. The third-order valence-corrected chi connectivity index (χ3v) is 7.91. The quantitative estimate of drug-likeness (QED) is 0.568. The molecular formula is C20H22Cl2N6OS. The molecule has 158 valence electrons. The zero-order valence-corrected chi connectivity index (χ0v) is 18.8. The normalized spacial score (nSPS) is 21.0. The summed E-state index contributed by atoms with van der Waals surface area (Å²) in [4.78, 5) is 17.3. The molecule has 2 aliphatic rings. The average molecular weight is 465 g/mol. The van der Waals surface area contributed by atoms with E-state index < -0.39 is 0 Å². The van der Waals surface area contributed by atoms with Crippen molar-refractivity contribution in [1.82, 2.24) is 19.4 Å². The molecule has 0 saturated carbocycles. The van der Waals surface area contributed by atoms with Crippen LogP contribution in [0.5, 0.6) is 0 Å². The maximum Gasteiger partial charge on any atom is 0.211 e. The first-order valence-corrected chi connectivity index (χ1v) is 11.5. The van der Waals surface area contributed by atoms with Gasteiger partial charge in [-0.25, -0.2) is 15.0 Å². The molecule has 2 N–H and O–H groups in total. The van der Waals surface area contributed by atoms with Gasteiger partial charge in [0.05, 0.1) is 22.6 Å². The summed E-state index contributed by atoms with van der Waals surface area (Å²) in [6.45, 7) is 4.98. The van der Waals surface area contributed by atoms with Crippen molar-refractivity contribution in [2.24, 2.45) is 5.41 Å². The Kier molecular flexibility index (Phi) is 5.21. The lowest BCUT2D eigenvalue weighted by molar-refractivity contribution is 0.0975. The molecule has 2 aliphatic heterocycles. The van der Waals surface area contributed by atoms with Gasteiger partial charge in [0.2, 0.25) is 5.95 Å². The Balaban J connectivity index is 1.41. The van der Waals surface area contributed by atoms with Gasteiger partial charge in [0.1, 0.15) is 5.82 Å². The minimum absolute atomic E-state index is 0.190. The first-order valence-electron chi connectivity index (χ1n) is 9.92. The molecule has 5 heterocycles. The van der Waals surface area contributed by atoms with E-state index >= 15 is 0 Å². The highest BCUT2D eigenvalue weighted by Crippen LogP contribution is 2.43. The Morgan fingerprint density at radius 3 is 2.77 bits per heavy atom. The van der Waals surface area contributed by atoms with Crippen LogP contribution in [-0.2, 0) is 4.74 Å². The minimum atomic E-state index is 0.190. The SMILES string of the molecule is C[C@H]1CC2(CCN(c3ncc(Sc4cc(N)nc(Cl)c4Cl)c4nccn34)CC2)CO1. The number of nitrogen functional groups attached to an aromatic ring is 1. The van der Waals surface area contributed by atoms with E-state index in [-0.39, 0.29) is 5.15 Å². The van der Waals surface area contributed by atoms with Crippen LogP contribution in [0.15, 0.2) is 34.4 Å². The molecule has 7 nitrogen and oxygen atoms in total. The fourth-order valence-corrected chi connectivity index (χ4v) is 5.87. The molecule has 3 aromatic rings. The van der Waals surface area contributed by atoms with E-state index in [1.54, 1.807) is 12.3 Å². The second-order valence-corrected chi connectivity index (χ2v) is 9.93. The smallest absolute Gasteiger partial charge is 0.211 e. The monoisotopic (exact) mass is 464 g/mol. The molecule has 2 saturated heterocycles. The standard InChI is InChI=1S/C20H22Cl2N6OS/c1-12-9-20(11-29-12)2-5-27(6-3-20)19-25-10-14(18-24-4-7-28(18)19)30-13-8-15(23)26-17(22)16(13)21/h4,7-8,10,12H,2-3,5-6,9,11H2,1H3,(H2,23,26)/t12-/m0/s1. The molecule has 1 atom stereocenters. The van der Waals surface area contributed by atoms with E-state index in [0.717, 1.165) is 60.3 Å². The Bertz CT molecular complexity index is 1100. The second kappa shape index (κ2) is 7.75. The van der Waals surface area contributed by atoms with Gasteiger partial charge in [0.15, 0.2) is 10.8 Å². The number of ether oxygens (including phenoxy) is 1. The van der Waals surface area contributed by atoms with Crippen LogP contribution >= 0.6 is 35.0 Å². The lowest BCUT2D eigenvalue weighted by Gasteiger charge is -2.39. The van der Waals surface area contributed by atoms with Crippen molar-refractivity contribution >= 4 is 52.4 Å². The molecule has 30 heavy (non-hydrogen) atoms. The molecule has 0 radical (unpaired) electrons. The molecule has 0 bridgehead atoms. The van der Waals surface area contributed by atoms with Gasteiger partial charge in [0.25, 0.3) is 0 Å². The molecule has 0 aliphatic carbocycles. The van der Waals surface area contributed by atoms with Crippen molar-refractivity contribution in [3.8, 4) is 0 Å². The number of nitrogens with zero attached hydrogens (tertiary/aromatic N) is 5. The summed E-state index contributed by atoms with van der Waals surface area (Å²) < 4.78 is 7.89. The minimum Gasteiger partial charge on any atom is -0.384 e. The maximum absolute atomic E-state index is 6.33. The van der Waals surface area contributed by atoms with E-state index in [1.165, 1.54) is 11.8 Å². The third kappa shape index (κ3) is 3.60. The van der Waals surface area contributed by atoms with Crippen LogP contribution in [0.1, 0.15) is 26.2 Å². The van der Waals surface area contributed by atoms with Crippen molar-refractivity contribution in [2.45, 2.75) is 42.1 Å². The number of imidazole rings is 1. The summed E-state index contributed by atoms with van der Waals surface area (Å²) >= 11 is 13.8. The highest BCUT2D eigenvalue weighted by atomic mass is 35.5. The first-order chi connectivity index (χ1) is 14.4. The van der Waals surface area contributed by atoms with Crippen molar-refractivity contribution in [3.63, 3.8) is 0 Å². The van der Waals surface area contributed by atoms with Crippen LogP contribution in [0.2, 0.25) is 10.2 Å². The van der Waals surface area contributed by atoms with Crippen LogP contribution in [0, 0.1) is 5.41 Å². The van der Waals surface area contributed by atoms with Gasteiger partial charge in [-0.15, -0.1) is 0 Å². The highest BCUT2D eigenvalue weighted by Gasteiger charge is 2.41. The number of rotatable bonds is 3. The molecule has 1 spiro atoms. The lowest BCUT2D eigenvalue weighted by atomic mass is 9.77. The maximum atomic E-state index is 6.33. The largest absolute Gasteiger partial charge is 0.384 e. The predicted molar refractivity (Wildman–Crippen MR) is 120 cm³/mol. The molecule has 0 aromatic carbocycles. The van der Waals surface area contributed by atoms with Gasteiger partial charge in [0, 0.05) is 36.6 Å². The molecule has 2 fully saturated rings. The number of anilines is 2. The number of hydrogen-bond acceptors (Lipinski definition) is 7. The first kappa shape index (κ1) is 20.2. The third-order valence-electron chi connectivity index (χ3n) is 6.00. The van der Waals surface area contributed by atoms with E-state index in [1.807, 2.05) is 16.8 Å². The number of pyridine rings is 1. The Labute approximate surface area is 188 Å². The van der Waals surface area contributed by atoms with Gasteiger partial charge in [-0.05, 0) is 37.7 Å². The van der Waals surface area contributed by atoms with Crippen LogP contribution < -0.4 is 10.6 Å². The van der Waals surface area contributed by atoms with Crippen LogP contribution in [-0.4, -0.2) is 45.2 Å². The van der Waals surface area contributed by atoms with Crippen molar-refractivity contribution in [1.29, 1.82) is 0 Å². The summed E-state index contributed by atoms with van der Waals surface area (Å²) in [7, 11) is 0. The van der Waals surface area contributed by atoms with E-state index in [9.17, 15) is 0 Å². The van der Waals surface area contributed by atoms with Gasteiger partial charge in [-0.2, -0.15) is 0 Å². The zero-order chi connectivity index (χ0) is 20.9. The van der Waals surface area contributed by atoms with Crippen LogP contribution in [0.25, 0.3) is 5.65 Å². The molecule has 0 unspecified atom stereocenters. The zero-order valence-electron chi connectivity index (χ0n) is 16.5. The summed E-state index contributed by atoms with van der Waals surface area (Å²) in [6, 6.07) is 1.71. The number of piperidine rings is 1. The van der Waals surface area contributed by atoms with Crippen molar-refractivity contribution in [2.75, 3.05) is 30.3 Å². The number of aromatic nitrogens is 4. The Morgan fingerprint density at radius 1 is 1.23 bits per heavy atom. The average Bonchev–Trinajstić information content (AvgIpc) is 3.34. The molecule has 0 amide bonds. The fraction of sp³-hybridized carbons (Fsp3) is 0.450. The molecule has 5 rings (SSSR count). The molecule has 3 aromatic heterocycles. The van der Waals surface area contributed by atoms with Crippen molar-refractivity contribution < 1.29 is 4.74 Å². The topological polar surface area (TPSA) is 81.6 Å². The Morgan fingerprint density at radius 2 is 2.03 bits per heavy atom. The summed E-state index contributed by atoms with van der Waals surface area (Å²) in [5.41, 5.74) is 6.99. The van der Waals surface area contributed by atoms with Gasteiger partial charge >= 0.3 is 0 Å². The number of nitrogens with two attached hydrogens (primary N) is 1. The van der Waals surface area contributed by atoms with E-state index in [4.69, 9.17) is 38.7 Å². The number of halogens is 2. The van der Waals surface area contributed by atoms with Crippen LogP contribution in [0.4, 0.5) is 11.8 Å². The second-order valence-electron chi connectivity index (χ2n) is 8.11. The van der Waals surface area contributed by atoms with E-state index in [0.29, 0.717) is 22.4 Å². The summed E-state index contributed by atoms with van der Waals surface area (Å²) in [6.07, 6.45) is 9.35. The lowest BCUT2D eigenvalue weighted by Crippen LogP contribution is -2.41. The van der Waals surface area contributed by atoms with Gasteiger partial charge in [-0.3, -0.25) is 4.40 Å². The molecule has 10 heteroatoms. The number of fused-ring (bicyclic) bond motifs is 1. The van der Waals surface area contributed by atoms with Crippen molar-refractivity contribution in [3.05, 3.63) is 34.8 Å².